The average Bonchev–Trinajstić information content (AvgIpc) is 3.30. The van der Waals surface area contributed by atoms with E-state index < -0.39 is 191 Å². The van der Waals surface area contributed by atoms with E-state index in [1.165, 1.54) is 27.7 Å². The SMILES string of the molecule is CC(C)[C@@H]1NC(=O)[C@H](C)OC(=O)[C@@H](C(C)C)NC(=O)[C@@H](C(C)C)OC(=O)[C@H](C(C)C)NC(=O)[C@H](C)OC(=O)[C@@H](C(C)C)NC(=O)[C@@H](C(C)C)OC(=O)[C@H](C(C)C)NC(=O)[C@H](C)OC(=O)[C@@H](C(C)C)NC(=O)[C@H](C)OC1=O. The quantitative estimate of drug-likeness (QED) is 0.149. The van der Waals surface area contributed by atoms with Crippen molar-refractivity contribution in [2.24, 2.45) is 47.3 Å². The average molecular weight is 1080 g/mol. The molecule has 0 aromatic carbocycles. The van der Waals surface area contributed by atoms with Gasteiger partial charge in [0.05, 0.1) is 0 Å². The Kier molecular flexibility index (Phi) is 27.1. The van der Waals surface area contributed by atoms with Gasteiger partial charge in [-0.1, -0.05) is 111 Å². The lowest BCUT2D eigenvalue weighted by Gasteiger charge is -2.30. The zero-order valence-electron chi connectivity index (χ0n) is 47.9. The van der Waals surface area contributed by atoms with E-state index in [4.69, 9.17) is 28.4 Å². The molecule has 1 saturated heterocycles. The van der Waals surface area contributed by atoms with Gasteiger partial charge in [-0.15, -0.1) is 0 Å². The second-order valence-electron chi connectivity index (χ2n) is 21.9. The fourth-order valence-electron chi connectivity index (χ4n) is 7.13. The van der Waals surface area contributed by atoms with E-state index in [1.54, 1.807) is 111 Å². The topological polar surface area (TPSA) is 332 Å². The highest BCUT2D eigenvalue weighted by molar-refractivity contribution is 5.95. The Morgan fingerprint density at radius 2 is 0.382 bits per heavy atom. The minimum absolute atomic E-state index is 0.639. The van der Waals surface area contributed by atoms with Gasteiger partial charge >= 0.3 is 35.8 Å². The highest BCUT2D eigenvalue weighted by atomic mass is 16.6. The molecule has 0 radical (unpaired) electrons. The number of esters is 6. The molecule has 1 fully saturated rings. The van der Waals surface area contributed by atoms with Gasteiger partial charge in [-0.05, 0) is 75.0 Å². The summed E-state index contributed by atoms with van der Waals surface area (Å²) in [5.41, 5.74) is 0. The second kappa shape index (κ2) is 30.4. The van der Waals surface area contributed by atoms with Crippen LogP contribution in [-0.2, 0) is 86.0 Å². The molecule has 0 unspecified atom stereocenters. The predicted octanol–water partition coefficient (Wildman–Crippen LogP) is 1.71. The third kappa shape index (κ3) is 20.3. The van der Waals surface area contributed by atoms with Gasteiger partial charge in [-0.2, -0.15) is 0 Å². The Hall–Kier alpha value is -6.36. The normalized spacial score (nSPS) is 29.2. The largest absolute Gasteiger partial charge is 0.451 e. The summed E-state index contributed by atoms with van der Waals surface area (Å²) in [4.78, 5) is 163. The Morgan fingerprint density at radius 3 is 0.526 bits per heavy atom. The molecule has 1 aliphatic heterocycles. The van der Waals surface area contributed by atoms with Gasteiger partial charge in [0.25, 0.3) is 35.4 Å². The Bertz CT molecular complexity index is 2060. The fraction of sp³-hybridized carbons (Fsp3) is 0.769. The molecule has 0 spiro atoms. The Morgan fingerprint density at radius 1 is 0.237 bits per heavy atom. The summed E-state index contributed by atoms with van der Waals surface area (Å²) in [6.07, 6.45) is -9.25. The highest BCUT2D eigenvalue weighted by Gasteiger charge is 2.41. The van der Waals surface area contributed by atoms with Crippen molar-refractivity contribution in [3.8, 4) is 0 Å². The summed E-state index contributed by atoms with van der Waals surface area (Å²) in [6, 6.07) is -8.35. The number of ether oxygens (including phenoxy) is 6. The van der Waals surface area contributed by atoms with Crippen LogP contribution in [0.25, 0.3) is 0 Å². The lowest BCUT2D eigenvalue weighted by molar-refractivity contribution is -0.167. The molecule has 0 saturated carbocycles. The third-order valence-corrected chi connectivity index (χ3v) is 12.2. The lowest BCUT2D eigenvalue weighted by atomic mass is 10.0. The van der Waals surface area contributed by atoms with Gasteiger partial charge in [0, 0.05) is 0 Å². The van der Waals surface area contributed by atoms with E-state index in [-0.39, 0.29) is 0 Å². The fourth-order valence-corrected chi connectivity index (χ4v) is 7.13. The van der Waals surface area contributed by atoms with E-state index in [2.05, 4.69) is 31.9 Å². The molecule has 1 heterocycles. The lowest BCUT2D eigenvalue weighted by Crippen LogP contribution is -2.56. The number of rotatable bonds is 8. The summed E-state index contributed by atoms with van der Waals surface area (Å²) in [5.74, 6) is -17.1. The van der Waals surface area contributed by atoms with Crippen molar-refractivity contribution in [1.29, 1.82) is 0 Å². The molecular weight excluding hydrogens is 997 g/mol. The van der Waals surface area contributed by atoms with Crippen LogP contribution in [0.2, 0.25) is 0 Å². The van der Waals surface area contributed by atoms with Crippen LogP contribution in [0.15, 0.2) is 0 Å². The number of carbonyl (C=O) groups is 12. The van der Waals surface area contributed by atoms with Crippen LogP contribution in [0.3, 0.4) is 0 Å². The first-order valence-corrected chi connectivity index (χ1v) is 26.0. The number of carbonyl (C=O) groups excluding carboxylic acids is 12. The maximum atomic E-state index is 13.8. The molecule has 0 aliphatic carbocycles. The van der Waals surface area contributed by atoms with Gasteiger partial charge in [0.15, 0.2) is 36.6 Å². The van der Waals surface area contributed by atoms with Crippen LogP contribution in [0.1, 0.15) is 138 Å². The second-order valence-corrected chi connectivity index (χ2v) is 21.9. The van der Waals surface area contributed by atoms with Crippen molar-refractivity contribution in [1.82, 2.24) is 31.9 Å². The molecule has 0 aromatic heterocycles. The first kappa shape index (κ1) is 67.7. The molecule has 24 nitrogen and oxygen atoms in total. The minimum atomic E-state index is -1.55. The summed E-state index contributed by atoms with van der Waals surface area (Å²) in [6.45, 7) is 30.1. The zero-order valence-corrected chi connectivity index (χ0v) is 47.9. The first-order chi connectivity index (χ1) is 34.9. The Balaban J connectivity index is 3.79. The number of hydrogen-bond acceptors (Lipinski definition) is 18. The van der Waals surface area contributed by atoms with Gasteiger partial charge in [0.1, 0.15) is 36.3 Å². The molecule has 0 aromatic rings. The molecule has 1 rings (SSSR count). The van der Waals surface area contributed by atoms with Crippen LogP contribution in [0, 0.1) is 47.3 Å². The molecule has 0 bridgehead atoms. The number of cyclic esters (lactones) is 6. The standard InChI is InChI=1S/C52H86N6O18/c1-21(2)33-47(65)71-29(17)41(59)53-34(22(3)4)48(66)72-31(19)43(61)55-37(25(9)10)51(69)75-40(28(15)16)46(64)58-36(24(7)8)50(68)74-32(20)44(62)56-38(26(11)12)52(70)76-39(27(13)14)45(63)57-35(23(5)6)49(67)73-30(18)42(60)54-33/h21-40H,1-20H3,(H,53,59)(H,54,60)(H,55,61)(H,56,62)(H,57,63)(H,58,64)/t29-,30-,31-,32-,33-,34+,35+,36+,37-,38-,39+,40+/m0/s1. The van der Waals surface area contributed by atoms with E-state index in [9.17, 15) is 57.5 Å². The zero-order chi connectivity index (χ0) is 59.0. The molecule has 24 heteroatoms. The maximum Gasteiger partial charge on any atom is 0.329 e. The van der Waals surface area contributed by atoms with E-state index in [0.29, 0.717) is 0 Å². The molecule has 12 atom stereocenters. The van der Waals surface area contributed by atoms with Crippen LogP contribution in [-0.4, -0.2) is 144 Å². The highest BCUT2D eigenvalue weighted by Crippen LogP contribution is 2.18. The van der Waals surface area contributed by atoms with Crippen molar-refractivity contribution in [3.63, 3.8) is 0 Å². The summed E-state index contributed by atoms with van der Waals surface area (Å²) in [5, 5.41) is 15.0. The van der Waals surface area contributed by atoms with Crippen molar-refractivity contribution in [2.45, 2.75) is 211 Å². The van der Waals surface area contributed by atoms with Crippen molar-refractivity contribution >= 4 is 71.3 Å². The molecule has 1 aliphatic rings. The Labute approximate surface area is 446 Å². The molecule has 76 heavy (non-hydrogen) atoms. The minimum Gasteiger partial charge on any atom is -0.451 e. The molecule has 6 N–H and O–H groups in total. The number of amides is 6. The number of nitrogens with one attached hydrogen (secondary N) is 6. The first-order valence-electron chi connectivity index (χ1n) is 26.0. The van der Waals surface area contributed by atoms with E-state index in [1.807, 2.05) is 0 Å². The van der Waals surface area contributed by atoms with E-state index >= 15 is 0 Å². The van der Waals surface area contributed by atoms with Crippen molar-refractivity contribution in [2.75, 3.05) is 0 Å². The molecule has 6 amide bonds. The summed E-state index contributed by atoms with van der Waals surface area (Å²) < 4.78 is 33.1. The van der Waals surface area contributed by atoms with Crippen LogP contribution >= 0.6 is 0 Å². The predicted molar refractivity (Wildman–Crippen MR) is 272 cm³/mol. The molecule has 432 valence electrons. The van der Waals surface area contributed by atoms with Crippen LogP contribution < -0.4 is 31.9 Å². The van der Waals surface area contributed by atoms with Gasteiger partial charge < -0.3 is 60.3 Å². The van der Waals surface area contributed by atoms with Crippen molar-refractivity contribution < 1.29 is 86.0 Å². The van der Waals surface area contributed by atoms with Gasteiger partial charge in [-0.25, -0.2) is 28.8 Å². The third-order valence-electron chi connectivity index (χ3n) is 12.2. The van der Waals surface area contributed by atoms with Gasteiger partial charge in [-0.3, -0.25) is 28.8 Å². The number of hydrogen-bond donors (Lipinski definition) is 6. The summed E-state index contributed by atoms with van der Waals surface area (Å²) >= 11 is 0. The van der Waals surface area contributed by atoms with E-state index in [0.717, 1.165) is 0 Å². The maximum absolute atomic E-state index is 13.8. The van der Waals surface area contributed by atoms with Crippen molar-refractivity contribution in [3.05, 3.63) is 0 Å². The van der Waals surface area contributed by atoms with Crippen LogP contribution in [0.4, 0.5) is 0 Å². The smallest absolute Gasteiger partial charge is 0.329 e. The van der Waals surface area contributed by atoms with Crippen LogP contribution in [0.5, 0.6) is 0 Å². The summed E-state index contributed by atoms with van der Waals surface area (Å²) in [7, 11) is 0. The monoisotopic (exact) mass is 1080 g/mol. The van der Waals surface area contributed by atoms with Gasteiger partial charge in [0.2, 0.25) is 0 Å². The molecular formula is C52H86N6O18.